The van der Waals surface area contributed by atoms with Crippen LogP contribution in [0.3, 0.4) is 0 Å². The summed E-state index contributed by atoms with van der Waals surface area (Å²) in [6.07, 6.45) is 0.00802. The summed E-state index contributed by atoms with van der Waals surface area (Å²) in [5, 5.41) is 3.37. The normalized spacial score (nSPS) is 24.6. The van der Waals surface area contributed by atoms with Gasteiger partial charge < -0.3 is 14.5 Å². The van der Waals surface area contributed by atoms with Crippen LogP contribution >= 0.6 is 0 Å². The van der Waals surface area contributed by atoms with Crippen molar-refractivity contribution in [3.05, 3.63) is 34.3 Å². The van der Waals surface area contributed by atoms with Gasteiger partial charge in [0.05, 0.1) is 18.2 Å². The molecule has 96 valence electrons. The van der Waals surface area contributed by atoms with Gasteiger partial charge >= 0.3 is 5.76 Å². The Kier molecular flexibility index (Phi) is 2.72. The summed E-state index contributed by atoms with van der Waals surface area (Å²) in [5.74, 6) is -0.335. The molecule has 1 N–H and O–H groups in total. The lowest BCUT2D eigenvalue weighted by Gasteiger charge is -2.30. The van der Waals surface area contributed by atoms with E-state index in [2.05, 4.69) is 12.2 Å². The number of nitrogens with one attached hydrogen (secondary N) is 1. The van der Waals surface area contributed by atoms with E-state index in [1.54, 1.807) is 7.05 Å². The molecular weight excluding hydrogens is 232 g/mol. The summed E-state index contributed by atoms with van der Waals surface area (Å²) in [5.41, 5.74) is 2.46. The summed E-state index contributed by atoms with van der Waals surface area (Å²) in [7, 11) is 1.70. The highest BCUT2D eigenvalue weighted by atomic mass is 16.5. The first-order valence-corrected chi connectivity index (χ1v) is 6.11. The summed E-state index contributed by atoms with van der Waals surface area (Å²) in [6, 6.07) is 6.04. The van der Waals surface area contributed by atoms with E-state index < -0.39 is 0 Å². The number of benzene rings is 1. The second-order valence-corrected chi connectivity index (χ2v) is 4.69. The maximum absolute atomic E-state index is 11.4. The highest BCUT2D eigenvalue weighted by Crippen LogP contribution is 2.26. The zero-order chi connectivity index (χ0) is 12.7. The molecule has 2 unspecified atom stereocenters. The van der Waals surface area contributed by atoms with E-state index in [0.717, 1.165) is 17.6 Å². The van der Waals surface area contributed by atoms with Gasteiger partial charge in [-0.2, -0.15) is 0 Å². The minimum absolute atomic E-state index is 0.00802. The third kappa shape index (κ3) is 1.76. The van der Waals surface area contributed by atoms with Gasteiger partial charge in [0.2, 0.25) is 0 Å². The molecule has 2 atom stereocenters. The van der Waals surface area contributed by atoms with Crippen LogP contribution in [0.2, 0.25) is 0 Å². The third-order valence-electron chi connectivity index (χ3n) is 3.46. The summed E-state index contributed by atoms with van der Waals surface area (Å²) >= 11 is 0. The molecule has 2 heterocycles. The van der Waals surface area contributed by atoms with Crippen molar-refractivity contribution in [2.24, 2.45) is 7.05 Å². The first kappa shape index (κ1) is 11.5. The summed E-state index contributed by atoms with van der Waals surface area (Å²) in [4.78, 5) is 11.4. The molecule has 1 aromatic carbocycles. The van der Waals surface area contributed by atoms with Gasteiger partial charge in [-0.25, -0.2) is 4.79 Å². The lowest BCUT2D eigenvalue weighted by atomic mass is 10.0. The standard InChI is InChI=1S/C13H16N2O3/c1-8-12(17-6-5-14-8)9-3-4-10-11(7-9)18-13(16)15(10)2/h3-4,7-8,12,14H,5-6H2,1-2H3. The van der Waals surface area contributed by atoms with E-state index in [1.807, 2.05) is 18.2 Å². The van der Waals surface area contributed by atoms with Crippen molar-refractivity contribution >= 4 is 11.1 Å². The van der Waals surface area contributed by atoms with Gasteiger partial charge in [0.1, 0.15) is 0 Å². The number of aryl methyl sites for hydroxylation is 1. The molecule has 1 fully saturated rings. The Hall–Kier alpha value is -1.59. The van der Waals surface area contributed by atoms with Crippen molar-refractivity contribution in [2.75, 3.05) is 13.2 Å². The van der Waals surface area contributed by atoms with Crippen LogP contribution in [0.15, 0.2) is 27.4 Å². The molecule has 3 rings (SSSR count). The average molecular weight is 248 g/mol. The van der Waals surface area contributed by atoms with Gasteiger partial charge in [-0.1, -0.05) is 6.07 Å². The second-order valence-electron chi connectivity index (χ2n) is 4.69. The Labute approximate surface area is 104 Å². The fraction of sp³-hybridized carbons (Fsp3) is 0.462. The zero-order valence-corrected chi connectivity index (χ0v) is 10.5. The zero-order valence-electron chi connectivity index (χ0n) is 10.5. The van der Waals surface area contributed by atoms with Crippen LogP contribution in [-0.2, 0) is 11.8 Å². The maximum atomic E-state index is 11.4. The minimum Gasteiger partial charge on any atom is -0.408 e. The molecular formula is C13H16N2O3. The summed E-state index contributed by atoms with van der Waals surface area (Å²) in [6.45, 7) is 3.67. The molecule has 5 heteroatoms. The fourth-order valence-electron chi connectivity index (χ4n) is 2.44. The molecule has 5 nitrogen and oxygen atoms in total. The molecule has 18 heavy (non-hydrogen) atoms. The monoisotopic (exact) mass is 248 g/mol. The quantitative estimate of drug-likeness (QED) is 0.823. The highest BCUT2D eigenvalue weighted by molar-refractivity contribution is 5.73. The average Bonchev–Trinajstić information content (AvgIpc) is 2.65. The lowest BCUT2D eigenvalue weighted by Crippen LogP contribution is -2.41. The topological polar surface area (TPSA) is 56.4 Å². The van der Waals surface area contributed by atoms with Crippen molar-refractivity contribution in [3.63, 3.8) is 0 Å². The molecule has 0 amide bonds. The van der Waals surface area contributed by atoms with Crippen molar-refractivity contribution in [3.8, 4) is 0 Å². The van der Waals surface area contributed by atoms with E-state index in [0.29, 0.717) is 12.2 Å². The molecule has 0 radical (unpaired) electrons. The Morgan fingerprint density at radius 3 is 3.06 bits per heavy atom. The molecule has 0 bridgehead atoms. The largest absolute Gasteiger partial charge is 0.419 e. The Bertz CT molecular complexity index is 629. The number of fused-ring (bicyclic) bond motifs is 1. The van der Waals surface area contributed by atoms with Crippen molar-refractivity contribution in [1.82, 2.24) is 9.88 Å². The molecule has 0 saturated carbocycles. The SMILES string of the molecule is CC1NCCOC1c1ccc2c(c1)oc(=O)n2C. The van der Waals surface area contributed by atoms with Crippen LogP contribution in [0.1, 0.15) is 18.6 Å². The Morgan fingerprint density at radius 1 is 1.44 bits per heavy atom. The fourth-order valence-corrected chi connectivity index (χ4v) is 2.44. The van der Waals surface area contributed by atoms with Crippen LogP contribution in [0.5, 0.6) is 0 Å². The molecule has 0 aliphatic carbocycles. The van der Waals surface area contributed by atoms with E-state index in [4.69, 9.17) is 9.15 Å². The number of hydrogen-bond donors (Lipinski definition) is 1. The number of nitrogens with zero attached hydrogens (tertiary/aromatic N) is 1. The van der Waals surface area contributed by atoms with E-state index in [-0.39, 0.29) is 17.9 Å². The molecule has 1 saturated heterocycles. The Morgan fingerprint density at radius 2 is 2.28 bits per heavy atom. The van der Waals surface area contributed by atoms with Gasteiger partial charge in [0, 0.05) is 19.6 Å². The predicted octanol–water partition coefficient (Wildman–Crippen LogP) is 1.18. The number of aromatic nitrogens is 1. The molecule has 1 aliphatic heterocycles. The van der Waals surface area contributed by atoms with Crippen LogP contribution in [0, 0.1) is 0 Å². The second kappa shape index (κ2) is 4.26. The van der Waals surface area contributed by atoms with Crippen molar-refractivity contribution < 1.29 is 9.15 Å². The number of oxazole rings is 1. The summed E-state index contributed by atoms with van der Waals surface area (Å²) < 4.78 is 12.5. The van der Waals surface area contributed by atoms with Crippen LogP contribution < -0.4 is 11.1 Å². The molecule has 0 spiro atoms. The minimum atomic E-state index is -0.335. The van der Waals surface area contributed by atoms with Crippen LogP contribution in [0.25, 0.3) is 11.1 Å². The maximum Gasteiger partial charge on any atom is 0.419 e. The predicted molar refractivity (Wildman–Crippen MR) is 67.6 cm³/mol. The number of rotatable bonds is 1. The number of ether oxygens (including phenoxy) is 1. The van der Waals surface area contributed by atoms with E-state index in [9.17, 15) is 4.79 Å². The Balaban J connectivity index is 2.05. The highest BCUT2D eigenvalue weighted by Gasteiger charge is 2.24. The van der Waals surface area contributed by atoms with Gasteiger partial charge in [-0.15, -0.1) is 0 Å². The number of morpholine rings is 1. The van der Waals surface area contributed by atoms with E-state index >= 15 is 0 Å². The molecule has 2 aromatic rings. The van der Waals surface area contributed by atoms with Crippen molar-refractivity contribution in [1.29, 1.82) is 0 Å². The van der Waals surface area contributed by atoms with Crippen LogP contribution in [0.4, 0.5) is 0 Å². The lowest BCUT2D eigenvalue weighted by molar-refractivity contribution is -0.000185. The third-order valence-corrected chi connectivity index (χ3v) is 3.46. The molecule has 1 aromatic heterocycles. The van der Waals surface area contributed by atoms with Gasteiger partial charge in [0.25, 0.3) is 0 Å². The van der Waals surface area contributed by atoms with E-state index in [1.165, 1.54) is 4.57 Å². The van der Waals surface area contributed by atoms with Gasteiger partial charge in [0.15, 0.2) is 5.58 Å². The number of hydrogen-bond acceptors (Lipinski definition) is 4. The van der Waals surface area contributed by atoms with Crippen molar-refractivity contribution in [2.45, 2.75) is 19.1 Å². The van der Waals surface area contributed by atoms with Crippen LogP contribution in [-0.4, -0.2) is 23.8 Å². The first-order chi connectivity index (χ1) is 8.66. The molecule has 1 aliphatic rings. The van der Waals surface area contributed by atoms with Gasteiger partial charge in [-0.05, 0) is 24.6 Å². The smallest absolute Gasteiger partial charge is 0.408 e. The van der Waals surface area contributed by atoms with Gasteiger partial charge in [-0.3, -0.25) is 4.57 Å². The first-order valence-electron chi connectivity index (χ1n) is 6.11.